The number of benzene rings is 1. The smallest absolute Gasteiger partial charge is 0.341 e. The number of anilines is 1. The van der Waals surface area contributed by atoms with Crippen LogP contribution in [0.2, 0.25) is 0 Å². The molecule has 2 N–H and O–H groups in total. The van der Waals surface area contributed by atoms with E-state index in [1.54, 1.807) is 0 Å². The van der Waals surface area contributed by atoms with Crippen LogP contribution >= 0.6 is 46.1 Å². The third-order valence-electron chi connectivity index (χ3n) is 4.55. The van der Waals surface area contributed by atoms with Crippen LogP contribution in [-0.4, -0.2) is 28.9 Å². The number of amides is 1. The van der Waals surface area contributed by atoms with E-state index in [0.29, 0.717) is 10.6 Å². The Labute approximate surface area is 186 Å². The number of carbonyl (C=O) groups is 2. The lowest BCUT2D eigenvalue weighted by molar-refractivity contribution is 0.0600. The predicted octanol–water partition coefficient (Wildman–Crippen LogP) is 5.09. The minimum atomic E-state index is -1.92. The zero-order chi connectivity index (χ0) is 21.2. The second kappa shape index (κ2) is 9.08. The number of halogens is 4. The van der Waals surface area contributed by atoms with Crippen LogP contribution in [0.4, 0.5) is 9.39 Å². The average molecular weight is 480 g/mol. The summed E-state index contributed by atoms with van der Waals surface area (Å²) in [5.41, 5.74) is 1.54. The molecule has 1 amide bonds. The molecule has 1 atom stereocenters. The van der Waals surface area contributed by atoms with Crippen molar-refractivity contribution in [2.45, 2.75) is 35.6 Å². The molecule has 1 aliphatic rings. The Balaban J connectivity index is 1.89. The van der Waals surface area contributed by atoms with Crippen molar-refractivity contribution in [1.29, 1.82) is 0 Å². The summed E-state index contributed by atoms with van der Waals surface area (Å²) < 4.78 is 16.1. The molecule has 0 bridgehead atoms. The van der Waals surface area contributed by atoms with Gasteiger partial charge in [-0.25, -0.2) is 9.18 Å². The van der Waals surface area contributed by atoms with Crippen molar-refractivity contribution in [3.63, 3.8) is 0 Å². The van der Waals surface area contributed by atoms with Crippen LogP contribution in [0.3, 0.4) is 0 Å². The number of hydrogen-bond donors (Lipinski definition) is 2. The second-order valence-corrected chi connectivity index (χ2v) is 9.98. The summed E-state index contributed by atoms with van der Waals surface area (Å²) in [5.74, 6) is -1.51. The highest BCUT2D eigenvalue weighted by atomic mass is 35.6. The van der Waals surface area contributed by atoms with Crippen molar-refractivity contribution in [3.8, 4) is 0 Å². The van der Waals surface area contributed by atoms with Gasteiger partial charge in [-0.2, -0.15) is 0 Å². The van der Waals surface area contributed by atoms with Gasteiger partial charge >= 0.3 is 5.97 Å². The van der Waals surface area contributed by atoms with Crippen molar-refractivity contribution in [1.82, 2.24) is 5.32 Å². The lowest BCUT2D eigenvalue weighted by atomic mass is 9.95. The SMILES string of the molecule is COC(=O)c1c(NC(NC(=O)c2ccc(F)cc2)C(Cl)(Cl)Cl)sc2c1CCCC2. The highest BCUT2D eigenvalue weighted by Gasteiger charge is 2.36. The van der Waals surface area contributed by atoms with Gasteiger partial charge < -0.3 is 15.4 Å². The summed E-state index contributed by atoms with van der Waals surface area (Å²) in [6, 6.07) is 4.97. The molecular weight excluding hydrogens is 462 g/mol. The number of carbonyl (C=O) groups excluding carboxylic acids is 2. The highest BCUT2D eigenvalue weighted by molar-refractivity contribution is 7.16. The second-order valence-electron chi connectivity index (χ2n) is 6.51. The first-order valence-electron chi connectivity index (χ1n) is 8.83. The van der Waals surface area contributed by atoms with Crippen LogP contribution in [-0.2, 0) is 17.6 Å². The number of methoxy groups -OCH3 is 1. The van der Waals surface area contributed by atoms with Gasteiger partial charge in [0.1, 0.15) is 17.0 Å². The van der Waals surface area contributed by atoms with E-state index in [1.807, 2.05) is 0 Å². The largest absolute Gasteiger partial charge is 0.465 e. The summed E-state index contributed by atoms with van der Waals surface area (Å²) in [6.45, 7) is 0. The number of ether oxygens (including phenoxy) is 1. The Bertz CT molecular complexity index is 913. The van der Waals surface area contributed by atoms with Gasteiger partial charge in [0.25, 0.3) is 5.91 Å². The van der Waals surface area contributed by atoms with Gasteiger partial charge in [-0.1, -0.05) is 34.8 Å². The van der Waals surface area contributed by atoms with Crippen LogP contribution in [0, 0.1) is 5.82 Å². The van der Waals surface area contributed by atoms with E-state index in [1.165, 1.54) is 30.6 Å². The molecule has 5 nitrogen and oxygen atoms in total. The van der Waals surface area contributed by atoms with Crippen LogP contribution in [0.15, 0.2) is 24.3 Å². The number of nitrogens with one attached hydrogen (secondary N) is 2. The minimum Gasteiger partial charge on any atom is -0.465 e. The Morgan fingerprint density at radius 2 is 1.83 bits per heavy atom. The quantitative estimate of drug-likeness (QED) is 0.356. The highest BCUT2D eigenvalue weighted by Crippen LogP contribution is 2.40. The first-order chi connectivity index (χ1) is 13.7. The average Bonchev–Trinajstić information content (AvgIpc) is 3.04. The van der Waals surface area contributed by atoms with Gasteiger partial charge in [0.05, 0.1) is 12.7 Å². The van der Waals surface area contributed by atoms with Gasteiger partial charge in [0.2, 0.25) is 3.79 Å². The zero-order valence-electron chi connectivity index (χ0n) is 15.4. The normalized spacial score (nSPS) is 14.7. The third-order valence-corrected chi connectivity index (χ3v) is 6.42. The molecule has 0 saturated heterocycles. The molecule has 1 aliphatic carbocycles. The molecule has 1 heterocycles. The zero-order valence-corrected chi connectivity index (χ0v) is 18.4. The Kier molecular flexibility index (Phi) is 6.94. The lowest BCUT2D eigenvalue weighted by Gasteiger charge is -2.27. The summed E-state index contributed by atoms with van der Waals surface area (Å²) >= 11 is 19.6. The Morgan fingerprint density at radius 1 is 1.17 bits per heavy atom. The van der Waals surface area contributed by atoms with Crippen LogP contribution < -0.4 is 10.6 Å². The van der Waals surface area contributed by atoms with E-state index in [2.05, 4.69) is 10.6 Å². The van der Waals surface area contributed by atoms with Crippen molar-refractivity contribution >= 4 is 63.0 Å². The number of fused-ring (bicyclic) bond motifs is 1. The monoisotopic (exact) mass is 478 g/mol. The van der Waals surface area contributed by atoms with Gasteiger partial charge in [0, 0.05) is 10.4 Å². The Hall–Kier alpha value is -1.54. The van der Waals surface area contributed by atoms with Crippen molar-refractivity contribution < 1.29 is 18.7 Å². The van der Waals surface area contributed by atoms with E-state index in [0.717, 1.165) is 48.3 Å². The van der Waals surface area contributed by atoms with E-state index in [9.17, 15) is 14.0 Å². The molecule has 2 aromatic rings. The molecule has 1 unspecified atom stereocenters. The number of aryl methyl sites for hydroxylation is 1. The number of thiophene rings is 1. The summed E-state index contributed by atoms with van der Waals surface area (Å²) in [5, 5.41) is 6.05. The maximum absolute atomic E-state index is 13.1. The standard InChI is InChI=1S/C19H18Cl3FN2O3S/c1-28-17(27)14-12-4-2-3-5-13(12)29-16(14)25-18(19(20,21)22)24-15(26)10-6-8-11(23)9-7-10/h6-9,18,25H,2-5H2,1H3,(H,24,26). The summed E-state index contributed by atoms with van der Waals surface area (Å²) in [4.78, 5) is 26.0. The van der Waals surface area contributed by atoms with Crippen LogP contribution in [0.25, 0.3) is 0 Å². The van der Waals surface area contributed by atoms with Crippen LogP contribution in [0.1, 0.15) is 44.0 Å². The molecule has 1 aromatic heterocycles. The molecule has 0 spiro atoms. The van der Waals surface area contributed by atoms with Crippen molar-refractivity contribution in [3.05, 3.63) is 51.7 Å². The fourth-order valence-electron chi connectivity index (χ4n) is 3.13. The molecule has 0 fully saturated rings. The van der Waals surface area contributed by atoms with E-state index in [4.69, 9.17) is 39.5 Å². The fourth-order valence-corrected chi connectivity index (χ4v) is 4.76. The third kappa shape index (κ3) is 5.15. The predicted molar refractivity (Wildman–Crippen MR) is 114 cm³/mol. The molecule has 0 saturated carbocycles. The molecule has 29 heavy (non-hydrogen) atoms. The van der Waals surface area contributed by atoms with Gasteiger partial charge in [-0.15, -0.1) is 11.3 Å². The minimum absolute atomic E-state index is 0.200. The van der Waals surface area contributed by atoms with Crippen molar-refractivity contribution in [2.24, 2.45) is 0 Å². The Morgan fingerprint density at radius 3 is 2.45 bits per heavy atom. The van der Waals surface area contributed by atoms with E-state index < -0.39 is 27.7 Å². The molecule has 0 aliphatic heterocycles. The molecular formula is C19H18Cl3FN2O3S. The molecule has 156 valence electrons. The maximum atomic E-state index is 13.1. The number of alkyl halides is 3. The molecule has 3 rings (SSSR count). The fraction of sp³-hybridized carbons (Fsp3) is 0.368. The first-order valence-corrected chi connectivity index (χ1v) is 10.8. The summed E-state index contributed by atoms with van der Waals surface area (Å²) in [7, 11) is 1.31. The topological polar surface area (TPSA) is 67.4 Å². The number of esters is 1. The summed E-state index contributed by atoms with van der Waals surface area (Å²) in [6.07, 6.45) is 2.48. The number of rotatable bonds is 5. The van der Waals surface area contributed by atoms with Gasteiger partial charge in [-0.05, 0) is 55.5 Å². The molecule has 10 heteroatoms. The van der Waals surface area contributed by atoms with Gasteiger partial charge in [-0.3, -0.25) is 4.79 Å². The van der Waals surface area contributed by atoms with Crippen molar-refractivity contribution in [2.75, 3.05) is 12.4 Å². The molecule has 0 radical (unpaired) electrons. The van der Waals surface area contributed by atoms with Gasteiger partial charge in [0.15, 0.2) is 0 Å². The maximum Gasteiger partial charge on any atom is 0.341 e. The van der Waals surface area contributed by atoms with Crippen LogP contribution in [0.5, 0.6) is 0 Å². The first kappa shape index (κ1) is 22.2. The number of hydrogen-bond acceptors (Lipinski definition) is 5. The molecule has 1 aromatic carbocycles. The van der Waals surface area contributed by atoms with E-state index >= 15 is 0 Å². The van der Waals surface area contributed by atoms with E-state index in [-0.39, 0.29) is 5.56 Å². The lowest BCUT2D eigenvalue weighted by Crippen LogP contribution is -2.49.